The first-order valence-electron chi connectivity index (χ1n) is 6.58. The number of nitrogens with one attached hydrogen (secondary N) is 1. The molecule has 0 atom stereocenters. The van der Waals surface area contributed by atoms with E-state index in [1.165, 1.54) is 22.8 Å². The molecule has 2 aromatic heterocycles. The van der Waals surface area contributed by atoms with E-state index in [0.717, 1.165) is 0 Å². The molecule has 0 saturated carbocycles. The Kier molecular flexibility index (Phi) is 3.70. The lowest BCUT2D eigenvalue weighted by atomic mass is 10.1. The van der Waals surface area contributed by atoms with Gasteiger partial charge in [0.1, 0.15) is 11.4 Å². The number of hydrogen-bond donors (Lipinski definition) is 1. The number of halogens is 5. The Labute approximate surface area is 131 Å². The molecule has 1 aromatic carbocycles. The molecule has 0 radical (unpaired) electrons. The topological polar surface area (TPSA) is 46.4 Å². The fraction of sp³-hybridized carbons (Fsp3) is 0.0667. The van der Waals surface area contributed by atoms with E-state index in [2.05, 4.69) is 10.4 Å². The number of amides is 1. The van der Waals surface area contributed by atoms with Crippen LogP contribution in [0.2, 0.25) is 0 Å². The van der Waals surface area contributed by atoms with Gasteiger partial charge in [0.15, 0.2) is 5.82 Å². The molecule has 0 aliphatic heterocycles. The number of nitrogens with zero attached hydrogens (tertiary/aromatic N) is 2. The van der Waals surface area contributed by atoms with Gasteiger partial charge in [-0.3, -0.25) is 4.79 Å². The van der Waals surface area contributed by atoms with Gasteiger partial charge in [-0.05, 0) is 30.3 Å². The van der Waals surface area contributed by atoms with Crippen molar-refractivity contribution in [3.8, 4) is 0 Å². The summed E-state index contributed by atoms with van der Waals surface area (Å²) in [6.07, 6.45) is -2.22. The SMILES string of the molecule is O=C(Nc1cccn2nccc12)c1ccc(F)c(C(F)(F)F)c1F. The van der Waals surface area contributed by atoms with E-state index in [9.17, 15) is 26.7 Å². The molecule has 0 spiro atoms. The second-order valence-electron chi connectivity index (χ2n) is 4.82. The second-order valence-corrected chi connectivity index (χ2v) is 4.82. The molecular weight excluding hydrogens is 333 g/mol. The predicted molar refractivity (Wildman–Crippen MR) is 74.5 cm³/mol. The minimum Gasteiger partial charge on any atom is -0.320 e. The standard InChI is InChI=1S/C15H8F5N3O/c16-9-4-3-8(13(17)12(9)15(18,19)20)14(24)22-10-2-1-7-23-11(10)5-6-21-23/h1-7H,(H,22,24). The Hall–Kier alpha value is -2.97. The predicted octanol–water partition coefficient (Wildman–Crippen LogP) is 3.88. The molecule has 0 saturated heterocycles. The zero-order valence-corrected chi connectivity index (χ0v) is 11.7. The van der Waals surface area contributed by atoms with E-state index < -0.39 is 34.8 Å². The van der Waals surface area contributed by atoms with Crippen molar-refractivity contribution in [3.63, 3.8) is 0 Å². The molecule has 0 bridgehead atoms. The summed E-state index contributed by atoms with van der Waals surface area (Å²) in [6.45, 7) is 0. The smallest absolute Gasteiger partial charge is 0.320 e. The zero-order valence-electron chi connectivity index (χ0n) is 11.7. The Morgan fingerprint density at radius 1 is 1.12 bits per heavy atom. The summed E-state index contributed by atoms with van der Waals surface area (Å²) in [5.41, 5.74) is -2.33. The largest absolute Gasteiger partial charge is 0.422 e. The third-order valence-electron chi connectivity index (χ3n) is 3.30. The normalized spacial score (nSPS) is 11.7. The van der Waals surface area contributed by atoms with E-state index >= 15 is 0 Å². The number of carbonyl (C=O) groups excluding carboxylic acids is 1. The maximum absolute atomic E-state index is 14.0. The van der Waals surface area contributed by atoms with Gasteiger partial charge in [0.2, 0.25) is 0 Å². The summed E-state index contributed by atoms with van der Waals surface area (Å²) >= 11 is 0. The van der Waals surface area contributed by atoms with Crippen molar-refractivity contribution in [2.75, 3.05) is 5.32 Å². The van der Waals surface area contributed by atoms with Crippen LogP contribution in [0.1, 0.15) is 15.9 Å². The van der Waals surface area contributed by atoms with Crippen LogP contribution in [0.25, 0.3) is 5.52 Å². The molecule has 4 nitrogen and oxygen atoms in total. The Balaban J connectivity index is 2.01. The highest BCUT2D eigenvalue weighted by Crippen LogP contribution is 2.34. The number of fused-ring (bicyclic) bond motifs is 1. The first-order valence-corrected chi connectivity index (χ1v) is 6.58. The molecule has 24 heavy (non-hydrogen) atoms. The average Bonchev–Trinajstić information content (AvgIpc) is 2.95. The summed E-state index contributed by atoms with van der Waals surface area (Å²) < 4.78 is 66.9. The van der Waals surface area contributed by atoms with Gasteiger partial charge in [0.05, 0.1) is 23.0 Å². The molecule has 3 rings (SSSR count). The summed E-state index contributed by atoms with van der Waals surface area (Å²) in [4.78, 5) is 12.1. The number of benzene rings is 1. The fourth-order valence-electron chi connectivity index (χ4n) is 2.24. The number of hydrogen-bond acceptors (Lipinski definition) is 2. The Morgan fingerprint density at radius 3 is 2.58 bits per heavy atom. The fourth-order valence-corrected chi connectivity index (χ4v) is 2.24. The highest BCUT2D eigenvalue weighted by atomic mass is 19.4. The van der Waals surface area contributed by atoms with Gasteiger partial charge in [-0.1, -0.05) is 0 Å². The molecule has 0 aliphatic carbocycles. The van der Waals surface area contributed by atoms with Crippen LogP contribution in [0.4, 0.5) is 27.6 Å². The van der Waals surface area contributed by atoms with Crippen LogP contribution in [0.3, 0.4) is 0 Å². The van der Waals surface area contributed by atoms with E-state index in [1.807, 2.05) is 0 Å². The first kappa shape index (κ1) is 15.9. The summed E-state index contributed by atoms with van der Waals surface area (Å²) in [5.74, 6) is -4.87. The number of aromatic nitrogens is 2. The van der Waals surface area contributed by atoms with Crippen LogP contribution in [0.15, 0.2) is 42.7 Å². The molecule has 9 heteroatoms. The molecule has 0 aliphatic rings. The van der Waals surface area contributed by atoms with Crippen molar-refractivity contribution in [2.45, 2.75) is 6.18 Å². The minimum atomic E-state index is -5.25. The Morgan fingerprint density at radius 2 is 1.88 bits per heavy atom. The monoisotopic (exact) mass is 341 g/mol. The van der Waals surface area contributed by atoms with Crippen molar-refractivity contribution in [2.24, 2.45) is 0 Å². The molecule has 0 fully saturated rings. The summed E-state index contributed by atoms with van der Waals surface area (Å²) in [5, 5.41) is 6.22. The van der Waals surface area contributed by atoms with Gasteiger partial charge in [0, 0.05) is 6.20 Å². The van der Waals surface area contributed by atoms with Gasteiger partial charge in [0.25, 0.3) is 5.91 Å². The molecule has 1 N–H and O–H groups in total. The highest BCUT2D eigenvalue weighted by molar-refractivity contribution is 6.06. The molecule has 1 amide bonds. The summed E-state index contributed by atoms with van der Waals surface area (Å²) in [7, 11) is 0. The lowest BCUT2D eigenvalue weighted by Crippen LogP contribution is -2.19. The van der Waals surface area contributed by atoms with E-state index in [0.29, 0.717) is 17.6 Å². The van der Waals surface area contributed by atoms with E-state index in [1.54, 1.807) is 12.3 Å². The van der Waals surface area contributed by atoms with Crippen LogP contribution in [-0.2, 0) is 6.18 Å². The molecule has 3 aromatic rings. The number of rotatable bonds is 2. The van der Waals surface area contributed by atoms with Gasteiger partial charge in [-0.2, -0.15) is 18.3 Å². The lowest BCUT2D eigenvalue weighted by Gasteiger charge is -2.13. The van der Waals surface area contributed by atoms with Gasteiger partial charge < -0.3 is 5.32 Å². The van der Waals surface area contributed by atoms with Gasteiger partial charge in [-0.15, -0.1) is 0 Å². The van der Waals surface area contributed by atoms with E-state index in [4.69, 9.17) is 0 Å². The number of pyridine rings is 1. The van der Waals surface area contributed by atoms with Crippen LogP contribution in [-0.4, -0.2) is 15.5 Å². The van der Waals surface area contributed by atoms with Crippen LogP contribution >= 0.6 is 0 Å². The molecule has 2 heterocycles. The van der Waals surface area contributed by atoms with Crippen LogP contribution in [0.5, 0.6) is 0 Å². The Bertz CT molecular complexity index is 932. The number of carbonyl (C=O) groups is 1. The van der Waals surface area contributed by atoms with Gasteiger partial charge in [-0.25, -0.2) is 13.3 Å². The molecular formula is C15H8F5N3O. The van der Waals surface area contributed by atoms with Crippen LogP contribution < -0.4 is 5.32 Å². The number of alkyl halides is 3. The van der Waals surface area contributed by atoms with Crippen molar-refractivity contribution >= 4 is 17.1 Å². The van der Waals surface area contributed by atoms with E-state index in [-0.39, 0.29) is 5.69 Å². The lowest BCUT2D eigenvalue weighted by molar-refractivity contribution is -0.142. The van der Waals surface area contributed by atoms with Crippen molar-refractivity contribution < 1.29 is 26.7 Å². The molecule has 0 unspecified atom stereocenters. The molecule has 124 valence electrons. The maximum atomic E-state index is 14.0. The summed E-state index contributed by atoms with van der Waals surface area (Å²) in [6, 6.07) is 5.63. The van der Waals surface area contributed by atoms with Crippen molar-refractivity contribution in [1.29, 1.82) is 0 Å². The maximum Gasteiger partial charge on any atom is 0.422 e. The average molecular weight is 341 g/mol. The highest BCUT2D eigenvalue weighted by Gasteiger charge is 2.39. The third-order valence-corrected chi connectivity index (χ3v) is 3.30. The first-order chi connectivity index (χ1) is 11.3. The second kappa shape index (κ2) is 5.59. The third kappa shape index (κ3) is 2.68. The van der Waals surface area contributed by atoms with Crippen molar-refractivity contribution in [3.05, 3.63) is 65.5 Å². The minimum absolute atomic E-state index is 0.220. The van der Waals surface area contributed by atoms with Crippen LogP contribution in [0, 0.1) is 11.6 Å². The quantitative estimate of drug-likeness (QED) is 0.719. The van der Waals surface area contributed by atoms with Crippen molar-refractivity contribution in [1.82, 2.24) is 9.61 Å². The number of anilines is 1. The zero-order chi connectivity index (χ0) is 17.5. The van der Waals surface area contributed by atoms with Gasteiger partial charge >= 0.3 is 6.18 Å².